The summed E-state index contributed by atoms with van der Waals surface area (Å²) in [7, 11) is 1.87. The molecule has 0 bridgehead atoms. The largest absolute Gasteiger partial charge is 0.305 e. The van der Waals surface area contributed by atoms with Crippen LogP contribution >= 0.6 is 11.8 Å². The van der Waals surface area contributed by atoms with Gasteiger partial charge in [0.1, 0.15) is 0 Å². The standard InChI is InChI=1S/C17H13N5OS/c1-22-16(14-6-8-19-9-7-14)20-21-17(22)24-11-15(23)13-4-2-12(10-18)3-5-13/h2-9H,11H2,1H3. The van der Waals surface area contributed by atoms with Gasteiger partial charge in [-0.15, -0.1) is 10.2 Å². The first kappa shape index (κ1) is 15.9. The molecule has 2 heterocycles. The van der Waals surface area contributed by atoms with Gasteiger partial charge in [0.25, 0.3) is 0 Å². The summed E-state index contributed by atoms with van der Waals surface area (Å²) in [6, 6.07) is 12.4. The maximum absolute atomic E-state index is 12.2. The first-order valence-electron chi connectivity index (χ1n) is 7.15. The smallest absolute Gasteiger partial charge is 0.191 e. The minimum Gasteiger partial charge on any atom is -0.305 e. The number of thioether (sulfide) groups is 1. The molecule has 0 radical (unpaired) electrons. The third kappa shape index (κ3) is 3.34. The SMILES string of the molecule is Cn1c(SCC(=O)c2ccc(C#N)cc2)nnc1-c1ccncc1. The van der Waals surface area contributed by atoms with E-state index in [4.69, 9.17) is 5.26 Å². The molecule has 0 saturated heterocycles. The van der Waals surface area contributed by atoms with Crippen molar-refractivity contribution in [2.45, 2.75) is 5.16 Å². The van der Waals surface area contributed by atoms with Crippen LogP contribution in [-0.4, -0.2) is 31.3 Å². The molecule has 0 atom stereocenters. The third-order valence-electron chi connectivity index (χ3n) is 3.44. The van der Waals surface area contributed by atoms with Gasteiger partial charge in [-0.2, -0.15) is 5.26 Å². The normalized spacial score (nSPS) is 10.3. The minimum absolute atomic E-state index is 0.0158. The average Bonchev–Trinajstić information content (AvgIpc) is 3.01. The number of rotatable bonds is 5. The lowest BCUT2D eigenvalue weighted by Gasteiger charge is -2.04. The van der Waals surface area contributed by atoms with Crippen LogP contribution < -0.4 is 0 Å². The number of hydrogen-bond acceptors (Lipinski definition) is 6. The molecular weight excluding hydrogens is 322 g/mol. The molecule has 0 saturated carbocycles. The third-order valence-corrected chi connectivity index (χ3v) is 4.46. The quantitative estimate of drug-likeness (QED) is 0.526. The summed E-state index contributed by atoms with van der Waals surface area (Å²) in [4.78, 5) is 16.2. The van der Waals surface area contributed by atoms with E-state index in [0.717, 1.165) is 11.4 Å². The van der Waals surface area contributed by atoms with E-state index in [-0.39, 0.29) is 11.5 Å². The van der Waals surface area contributed by atoms with Crippen molar-refractivity contribution >= 4 is 17.5 Å². The van der Waals surface area contributed by atoms with Crippen molar-refractivity contribution in [2.75, 3.05) is 5.75 Å². The summed E-state index contributed by atoms with van der Waals surface area (Å²) in [6.45, 7) is 0. The van der Waals surface area contributed by atoms with Gasteiger partial charge in [0, 0.05) is 30.6 Å². The molecule has 118 valence electrons. The van der Waals surface area contributed by atoms with E-state index in [1.807, 2.05) is 29.8 Å². The Morgan fingerprint density at radius 2 is 1.88 bits per heavy atom. The maximum Gasteiger partial charge on any atom is 0.191 e. The predicted molar refractivity (Wildman–Crippen MR) is 90.4 cm³/mol. The Morgan fingerprint density at radius 1 is 1.17 bits per heavy atom. The fraction of sp³-hybridized carbons (Fsp3) is 0.118. The Hall–Kier alpha value is -2.98. The van der Waals surface area contributed by atoms with E-state index in [1.54, 1.807) is 36.7 Å². The molecule has 1 aromatic carbocycles. The zero-order chi connectivity index (χ0) is 16.9. The first-order chi connectivity index (χ1) is 11.7. The molecule has 0 unspecified atom stereocenters. The first-order valence-corrected chi connectivity index (χ1v) is 8.13. The molecule has 2 aromatic heterocycles. The molecule has 3 aromatic rings. The summed E-state index contributed by atoms with van der Waals surface area (Å²) < 4.78 is 1.85. The number of carbonyl (C=O) groups excluding carboxylic acids is 1. The van der Waals surface area contributed by atoms with Gasteiger partial charge in [0.2, 0.25) is 0 Å². The second kappa shape index (κ2) is 7.06. The van der Waals surface area contributed by atoms with Crippen molar-refractivity contribution in [3.63, 3.8) is 0 Å². The fourth-order valence-corrected chi connectivity index (χ4v) is 2.94. The van der Waals surface area contributed by atoms with Crippen LogP contribution in [-0.2, 0) is 7.05 Å². The van der Waals surface area contributed by atoms with Crippen LogP contribution in [0.4, 0.5) is 0 Å². The number of ketones is 1. The maximum atomic E-state index is 12.2. The number of nitriles is 1. The Balaban J connectivity index is 1.70. The van der Waals surface area contributed by atoms with Gasteiger partial charge in [-0.05, 0) is 24.3 Å². The number of Topliss-reactive ketones (excluding diaryl/α,β-unsaturated/α-hetero) is 1. The topological polar surface area (TPSA) is 84.5 Å². The van der Waals surface area contributed by atoms with Crippen molar-refractivity contribution in [3.05, 3.63) is 59.9 Å². The molecule has 0 aliphatic heterocycles. The zero-order valence-corrected chi connectivity index (χ0v) is 13.7. The molecular formula is C17H13N5OS. The van der Waals surface area contributed by atoms with E-state index in [2.05, 4.69) is 15.2 Å². The summed E-state index contributed by atoms with van der Waals surface area (Å²) in [5, 5.41) is 17.8. The van der Waals surface area contributed by atoms with Gasteiger partial charge in [-0.25, -0.2) is 0 Å². The minimum atomic E-state index is -0.0158. The van der Waals surface area contributed by atoms with Gasteiger partial charge in [0.05, 0.1) is 17.4 Å². The Bertz CT molecular complexity index is 897. The van der Waals surface area contributed by atoms with Crippen molar-refractivity contribution < 1.29 is 4.79 Å². The number of hydrogen-bond donors (Lipinski definition) is 0. The lowest BCUT2D eigenvalue weighted by Crippen LogP contribution is -2.04. The summed E-state index contributed by atoms with van der Waals surface area (Å²) >= 11 is 1.33. The monoisotopic (exact) mass is 335 g/mol. The van der Waals surface area contributed by atoms with Gasteiger partial charge in [-0.3, -0.25) is 9.78 Å². The van der Waals surface area contributed by atoms with Crippen molar-refractivity contribution in [1.82, 2.24) is 19.7 Å². The molecule has 7 heteroatoms. The zero-order valence-electron chi connectivity index (χ0n) is 12.9. The molecule has 0 fully saturated rings. The van der Waals surface area contributed by atoms with Crippen LogP contribution in [0.5, 0.6) is 0 Å². The van der Waals surface area contributed by atoms with Gasteiger partial charge in [-0.1, -0.05) is 23.9 Å². The lowest BCUT2D eigenvalue weighted by molar-refractivity contribution is 0.102. The summed E-state index contributed by atoms with van der Waals surface area (Å²) in [5.74, 6) is 0.970. The van der Waals surface area contributed by atoms with E-state index in [9.17, 15) is 4.79 Å². The Kier molecular flexibility index (Phi) is 4.68. The molecule has 0 amide bonds. The fourth-order valence-electron chi connectivity index (χ4n) is 2.14. The highest BCUT2D eigenvalue weighted by Gasteiger charge is 2.13. The number of aromatic nitrogens is 4. The van der Waals surface area contributed by atoms with Crippen LogP contribution in [0, 0.1) is 11.3 Å². The van der Waals surface area contributed by atoms with E-state index >= 15 is 0 Å². The second-order valence-electron chi connectivity index (χ2n) is 5.00. The highest BCUT2D eigenvalue weighted by Crippen LogP contribution is 2.22. The lowest BCUT2D eigenvalue weighted by atomic mass is 10.1. The van der Waals surface area contributed by atoms with Gasteiger partial charge in [0.15, 0.2) is 16.8 Å². The van der Waals surface area contributed by atoms with Gasteiger partial charge < -0.3 is 4.57 Å². The molecule has 6 nitrogen and oxygen atoms in total. The second-order valence-corrected chi connectivity index (χ2v) is 5.94. The average molecular weight is 335 g/mol. The highest BCUT2D eigenvalue weighted by atomic mass is 32.2. The molecule has 0 spiro atoms. The molecule has 24 heavy (non-hydrogen) atoms. The van der Waals surface area contributed by atoms with Gasteiger partial charge >= 0.3 is 0 Å². The van der Waals surface area contributed by atoms with Crippen LogP contribution in [0.15, 0.2) is 53.9 Å². The summed E-state index contributed by atoms with van der Waals surface area (Å²) in [5.41, 5.74) is 2.04. The van der Waals surface area contributed by atoms with Crippen LogP contribution in [0.2, 0.25) is 0 Å². The van der Waals surface area contributed by atoms with Crippen LogP contribution in [0.3, 0.4) is 0 Å². The van der Waals surface area contributed by atoms with Crippen molar-refractivity contribution in [2.24, 2.45) is 7.05 Å². The van der Waals surface area contributed by atoms with E-state index < -0.39 is 0 Å². The Labute approximate surface area is 143 Å². The molecule has 3 rings (SSSR count). The number of carbonyl (C=O) groups is 1. The molecule has 0 aliphatic carbocycles. The van der Waals surface area contributed by atoms with Crippen molar-refractivity contribution in [3.8, 4) is 17.5 Å². The van der Waals surface area contributed by atoms with Crippen LogP contribution in [0.1, 0.15) is 15.9 Å². The molecule has 0 aliphatic rings. The molecule has 0 N–H and O–H groups in total. The van der Waals surface area contributed by atoms with E-state index in [0.29, 0.717) is 16.3 Å². The summed E-state index contributed by atoms with van der Waals surface area (Å²) in [6.07, 6.45) is 3.40. The number of nitrogens with zero attached hydrogens (tertiary/aromatic N) is 5. The highest BCUT2D eigenvalue weighted by molar-refractivity contribution is 7.99. The Morgan fingerprint density at radius 3 is 2.54 bits per heavy atom. The number of pyridine rings is 1. The van der Waals surface area contributed by atoms with Crippen molar-refractivity contribution in [1.29, 1.82) is 5.26 Å². The van der Waals surface area contributed by atoms with E-state index in [1.165, 1.54) is 11.8 Å². The van der Waals surface area contributed by atoms with Crippen LogP contribution in [0.25, 0.3) is 11.4 Å². The number of benzene rings is 1. The predicted octanol–water partition coefficient (Wildman–Crippen LogP) is 2.72.